The number of halogens is 3. The number of aromatic amines is 1. The van der Waals surface area contributed by atoms with Gasteiger partial charge in [-0.1, -0.05) is 6.07 Å². The first kappa shape index (κ1) is 17.1. The van der Waals surface area contributed by atoms with Gasteiger partial charge in [0.2, 0.25) is 0 Å². The second kappa shape index (κ2) is 5.94. The maximum absolute atomic E-state index is 13.0. The minimum atomic E-state index is -4.68. The fraction of sp³-hybridized carbons (Fsp3) is 0.400. The van der Waals surface area contributed by atoms with Crippen LogP contribution in [0.3, 0.4) is 0 Å². The molecule has 3 rings (SSSR count). The molecule has 1 aromatic heterocycles. The molecule has 25 heavy (non-hydrogen) atoms. The Morgan fingerprint density at radius 2 is 2.08 bits per heavy atom. The summed E-state index contributed by atoms with van der Waals surface area (Å²) in [5.74, 6) is -5.32. The number of aryl methyl sites for hydroxylation is 1. The molecule has 2 atom stereocenters. The molecule has 3 N–H and O–H groups in total. The quantitative estimate of drug-likeness (QED) is 0.770. The van der Waals surface area contributed by atoms with Crippen molar-refractivity contribution in [2.45, 2.75) is 13.1 Å². The third-order valence-electron chi connectivity index (χ3n) is 4.42. The Hall–Kier alpha value is -2.78. The van der Waals surface area contributed by atoms with Gasteiger partial charge in [0.05, 0.1) is 29.2 Å². The van der Waals surface area contributed by atoms with E-state index in [4.69, 9.17) is 5.11 Å². The lowest BCUT2D eigenvalue weighted by atomic mass is 9.96. The van der Waals surface area contributed by atoms with E-state index in [1.165, 1.54) is 0 Å². The number of anilines is 1. The predicted octanol–water partition coefficient (Wildman–Crippen LogP) is 2.60. The molecule has 2 amide bonds. The number of nitrogens with zero attached hydrogens (tertiary/aromatic N) is 2. The van der Waals surface area contributed by atoms with Crippen LogP contribution in [0.1, 0.15) is 5.56 Å². The van der Waals surface area contributed by atoms with Crippen LogP contribution in [-0.4, -0.2) is 51.5 Å². The van der Waals surface area contributed by atoms with Gasteiger partial charge in [-0.05, 0) is 18.6 Å². The van der Waals surface area contributed by atoms with Crippen LogP contribution in [0.4, 0.5) is 23.7 Å². The third kappa shape index (κ3) is 3.11. The molecule has 0 bridgehead atoms. The smallest absolute Gasteiger partial charge is 0.394 e. The number of urea groups is 1. The third-order valence-corrected chi connectivity index (χ3v) is 4.42. The van der Waals surface area contributed by atoms with Crippen LogP contribution >= 0.6 is 0 Å². The van der Waals surface area contributed by atoms with Crippen LogP contribution in [0, 0.1) is 18.8 Å². The molecule has 1 fully saturated rings. The summed E-state index contributed by atoms with van der Waals surface area (Å²) < 4.78 is 39.0. The Bertz CT molecular complexity index is 833. The Kier molecular flexibility index (Phi) is 4.05. The number of aliphatic carboxylic acids is 1. The number of alkyl halides is 3. The Labute approximate surface area is 139 Å². The zero-order valence-corrected chi connectivity index (χ0v) is 13.1. The fourth-order valence-electron chi connectivity index (χ4n) is 3.02. The minimum Gasteiger partial charge on any atom is -0.481 e. The van der Waals surface area contributed by atoms with E-state index in [1.807, 2.05) is 6.92 Å². The van der Waals surface area contributed by atoms with Crippen molar-refractivity contribution in [3.05, 3.63) is 23.9 Å². The fourth-order valence-corrected chi connectivity index (χ4v) is 3.02. The summed E-state index contributed by atoms with van der Waals surface area (Å²) in [7, 11) is 0. The number of hydrogen-bond acceptors (Lipinski definition) is 3. The van der Waals surface area contributed by atoms with Gasteiger partial charge in [0.1, 0.15) is 0 Å². The summed E-state index contributed by atoms with van der Waals surface area (Å²) in [4.78, 5) is 24.3. The number of H-pyrrole nitrogens is 1. The standard InChI is InChI=1S/C15H15F3N4O3/c1-7-2-3-11(12-8(7)4-19-21-12)20-14(25)22-5-9(13(23)24)10(6-22)15(16,17)18/h2-4,9-10H,5-6H2,1H3,(H,19,21)(H,20,25)(H,23,24)/t9-,10-/m1/s1. The zero-order chi connectivity index (χ0) is 18.4. The maximum atomic E-state index is 13.0. The minimum absolute atomic E-state index is 0.366. The summed E-state index contributed by atoms with van der Waals surface area (Å²) in [5.41, 5.74) is 1.84. The number of aromatic nitrogens is 2. The molecule has 1 saturated heterocycles. The lowest BCUT2D eigenvalue weighted by Gasteiger charge is -2.19. The number of nitrogens with one attached hydrogen (secondary N) is 2. The summed E-state index contributed by atoms with van der Waals surface area (Å²) in [6.07, 6.45) is -3.10. The molecule has 134 valence electrons. The van der Waals surface area contributed by atoms with Crippen molar-refractivity contribution < 1.29 is 27.9 Å². The molecule has 2 aromatic rings. The number of carboxylic acids is 1. The number of rotatable bonds is 2. The summed E-state index contributed by atoms with van der Waals surface area (Å²) in [6.45, 7) is 0.670. The molecule has 1 aliphatic rings. The molecule has 1 aliphatic heterocycles. The molecule has 0 radical (unpaired) electrons. The first-order chi connectivity index (χ1) is 11.7. The molecular weight excluding hydrogens is 341 g/mol. The van der Waals surface area contributed by atoms with Gasteiger partial charge in [0.25, 0.3) is 0 Å². The van der Waals surface area contributed by atoms with Crippen LogP contribution in [0.25, 0.3) is 10.9 Å². The lowest BCUT2D eigenvalue weighted by Crippen LogP contribution is -2.35. The van der Waals surface area contributed by atoms with Crippen molar-refractivity contribution in [3.8, 4) is 0 Å². The number of hydrogen-bond donors (Lipinski definition) is 3. The molecular formula is C15H15F3N4O3. The van der Waals surface area contributed by atoms with E-state index in [0.717, 1.165) is 15.8 Å². The van der Waals surface area contributed by atoms with Gasteiger partial charge in [-0.2, -0.15) is 18.3 Å². The van der Waals surface area contributed by atoms with E-state index >= 15 is 0 Å². The van der Waals surface area contributed by atoms with E-state index in [1.54, 1.807) is 18.3 Å². The van der Waals surface area contributed by atoms with E-state index in [2.05, 4.69) is 15.5 Å². The predicted molar refractivity (Wildman–Crippen MR) is 82.1 cm³/mol. The van der Waals surface area contributed by atoms with Gasteiger partial charge in [-0.3, -0.25) is 9.89 Å². The summed E-state index contributed by atoms with van der Waals surface area (Å²) in [5, 5.41) is 18.9. The number of benzene rings is 1. The highest BCUT2D eigenvalue weighted by Gasteiger charge is 2.53. The zero-order valence-electron chi connectivity index (χ0n) is 13.1. The van der Waals surface area contributed by atoms with E-state index < -0.39 is 43.1 Å². The highest BCUT2D eigenvalue weighted by atomic mass is 19.4. The van der Waals surface area contributed by atoms with Gasteiger partial charge in [0.15, 0.2) is 0 Å². The van der Waals surface area contributed by atoms with Gasteiger partial charge in [0, 0.05) is 18.5 Å². The molecule has 10 heteroatoms. The van der Waals surface area contributed by atoms with Crippen molar-refractivity contribution in [3.63, 3.8) is 0 Å². The van der Waals surface area contributed by atoms with Crippen molar-refractivity contribution >= 4 is 28.6 Å². The molecule has 2 heterocycles. The number of likely N-dealkylation sites (tertiary alicyclic amines) is 1. The molecule has 7 nitrogen and oxygen atoms in total. The van der Waals surface area contributed by atoms with Crippen LogP contribution < -0.4 is 5.32 Å². The first-order valence-corrected chi connectivity index (χ1v) is 7.46. The van der Waals surface area contributed by atoms with Crippen molar-refractivity contribution in [2.75, 3.05) is 18.4 Å². The first-order valence-electron chi connectivity index (χ1n) is 7.46. The van der Waals surface area contributed by atoms with E-state index in [0.29, 0.717) is 11.2 Å². The van der Waals surface area contributed by atoms with E-state index in [-0.39, 0.29) is 0 Å². The molecule has 0 aliphatic carbocycles. The Morgan fingerprint density at radius 3 is 2.68 bits per heavy atom. The Balaban J connectivity index is 1.81. The molecule has 0 spiro atoms. The topological polar surface area (TPSA) is 98.3 Å². The Morgan fingerprint density at radius 1 is 1.36 bits per heavy atom. The monoisotopic (exact) mass is 356 g/mol. The summed E-state index contributed by atoms with van der Waals surface area (Å²) in [6, 6.07) is 2.58. The van der Waals surface area contributed by atoms with Crippen molar-refractivity contribution in [1.29, 1.82) is 0 Å². The van der Waals surface area contributed by atoms with Crippen molar-refractivity contribution in [1.82, 2.24) is 15.1 Å². The lowest BCUT2D eigenvalue weighted by molar-refractivity contribution is -0.187. The second-order valence-corrected chi connectivity index (χ2v) is 6.02. The van der Waals surface area contributed by atoms with Crippen LogP contribution in [0.2, 0.25) is 0 Å². The van der Waals surface area contributed by atoms with Crippen molar-refractivity contribution in [2.24, 2.45) is 11.8 Å². The van der Waals surface area contributed by atoms with Gasteiger partial charge >= 0.3 is 18.2 Å². The highest BCUT2D eigenvalue weighted by molar-refractivity contribution is 6.00. The number of carboxylic acid groups (broad SMARTS) is 1. The number of amides is 2. The SMILES string of the molecule is Cc1ccc(NC(=O)N2C[C@@H](C(F)(F)F)[C@H](C(=O)O)C2)c2[nH]ncc12. The van der Waals surface area contributed by atoms with Gasteiger partial charge < -0.3 is 15.3 Å². The number of carbonyl (C=O) groups is 2. The van der Waals surface area contributed by atoms with Crippen LogP contribution in [0.15, 0.2) is 18.3 Å². The van der Waals surface area contributed by atoms with Gasteiger partial charge in [-0.15, -0.1) is 0 Å². The second-order valence-electron chi connectivity index (χ2n) is 6.02. The van der Waals surface area contributed by atoms with Gasteiger partial charge in [-0.25, -0.2) is 4.79 Å². The normalized spacial score (nSPS) is 20.9. The van der Waals surface area contributed by atoms with E-state index in [9.17, 15) is 22.8 Å². The number of carbonyl (C=O) groups excluding carboxylic acids is 1. The molecule has 1 aromatic carbocycles. The average Bonchev–Trinajstić information content (AvgIpc) is 3.16. The maximum Gasteiger partial charge on any atom is 0.394 e. The average molecular weight is 356 g/mol. The molecule has 0 saturated carbocycles. The highest BCUT2D eigenvalue weighted by Crippen LogP contribution is 2.38. The largest absolute Gasteiger partial charge is 0.481 e. The summed E-state index contributed by atoms with van der Waals surface area (Å²) >= 11 is 0. The molecule has 0 unspecified atom stereocenters. The van der Waals surface area contributed by atoms with Crippen LogP contribution in [0.5, 0.6) is 0 Å². The van der Waals surface area contributed by atoms with Crippen LogP contribution in [-0.2, 0) is 4.79 Å². The number of fused-ring (bicyclic) bond motifs is 1.